The normalized spacial score (nSPS) is 11.4. The number of thioether (sulfide) groups is 1. The van der Waals surface area contributed by atoms with E-state index in [2.05, 4.69) is 47.1 Å². The van der Waals surface area contributed by atoms with E-state index < -0.39 is 0 Å². The molecule has 0 unspecified atom stereocenters. The van der Waals surface area contributed by atoms with Crippen LogP contribution in [0, 0.1) is 0 Å². The van der Waals surface area contributed by atoms with Crippen LogP contribution in [0.2, 0.25) is 0 Å². The Kier molecular flexibility index (Phi) is 17.8. The molecule has 0 bridgehead atoms. The molecule has 0 heterocycles. The van der Waals surface area contributed by atoms with Crippen LogP contribution in [0.25, 0.3) is 6.08 Å². The molecule has 3 heteroatoms. The van der Waals surface area contributed by atoms with Crippen molar-refractivity contribution in [3.63, 3.8) is 0 Å². The second-order valence-electron chi connectivity index (χ2n) is 9.93. The van der Waals surface area contributed by atoms with Gasteiger partial charge in [0.1, 0.15) is 0 Å². The zero-order valence-electron chi connectivity index (χ0n) is 22.5. The number of halogens is 1. The predicted octanol–water partition coefficient (Wildman–Crippen LogP) is 11.7. The number of unbranched alkanes of at least 4 members (excludes halogenated alkanes) is 15. The largest absolute Gasteiger partial charge is 0.289 e. The molecule has 0 aliphatic heterocycles. The van der Waals surface area contributed by atoms with Crippen LogP contribution in [0.3, 0.4) is 0 Å². The molecule has 36 heavy (non-hydrogen) atoms. The highest BCUT2D eigenvalue weighted by Gasteiger charge is 2.01. The van der Waals surface area contributed by atoms with Gasteiger partial charge in [0.2, 0.25) is 0 Å². The van der Waals surface area contributed by atoms with Crippen LogP contribution in [0.4, 0.5) is 0 Å². The monoisotopic (exact) mass is 570 g/mol. The first-order chi connectivity index (χ1) is 17.7. The Morgan fingerprint density at radius 3 is 1.64 bits per heavy atom. The molecule has 2 rings (SSSR count). The Morgan fingerprint density at radius 2 is 1.14 bits per heavy atom. The fraction of sp³-hybridized carbons (Fsp3) is 0.545. The van der Waals surface area contributed by atoms with Crippen LogP contribution in [-0.4, -0.2) is 11.5 Å². The Morgan fingerprint density at radius 1 is 0.667 bits per heavy atom. The molecule has 0 aliphatic carbocycles. The minimum Gasteiger partial charge on any atom is -0.289 e. The molecule has 1 nitrogen and oxygen atoms in total. The van der Waals surface area contributed by atoms with Crippen molar-refractivity contribution in [3.8, 4) is 0 Å². The van der Waals surface area contributed by atoms with Gasteiger partial charge in [-0.25, -0.2) is 0 Å². The van der Waals surface area contributed by atoms with E-state index in [1.165, 1.54) is 113 Å². The topological polar surface area (TPSA) is 17.1 Å². The summed E-state index contributed by atoms with van der Waals surface area (Å²) >= 11 is 5.34. The summed E-state index contributed by atoms with van der Waals surface area (Å²) in [6.07, 6.45) is 26.2. The van der Waals surface area contributed by atoms with Crippen LogP contribution in [-0.2, 0) is 0 Å². The van der Waals surface area contributed by atoms with E-state index in [0.29, 0.717) is 5.56 Å². The number of carbonyl (C=O) groups is 1. The fourth-order valence-electron chi connectivity index (χ4n) is 4.40. The molecule has 2 aromatic rings. The fourth-order valence-corrected chi connectivity index (χ4v) is 5.57. The van der Waals surface area contributed by atoms with Gasteiger partial charge in [-0.15, -0.1) is 11.8 Å². The van der Waals surface area contributed by atoms with Crippen molar-refractivity contribution >= 4 is 39.6 Å². The van der Waals surface area contributed by atoms with E-state index in [4.69, 9.17) is 0 Å². The van der Waals surface area contributed by atoms with Gasteiger partial charge in [0.25, 0.3) is 0 Å². The SMILES string of the molecule is CCCCCCCCCCCCCCCCCCSc1ccc(C=CC(=O)c2ccc(Br)cc2)cc1. The average molecular weight is 572 g/mol. The van der Waals surface area contributed by atoms with Crippen molar-refractivity contribution < 1.29 is 4.79 Å². The van der Waals surface area contributed by atoms with E-state index in [-0.39, 0.29) is 5.78 Å². The van der Waals surface area contributed by atoms with Gasteiger partial charge >= 0.3 is 0 Å². The van der Waals surface area contributed by atoms with Crippen LogP contribution < -0.4 is 0 Å². The van der Waals surface area contributed by atoms with Crippen molar-refractivity contribution in [2.24, 2.45) is 0 Å². The van der Waals surface area contributed by atoms with E-state index in [1.54, 1.807) is 6.08 Å². The van der Waals surface area contributed by atoms with Crippen molar-refractivity contribution in [1.82, 2.24) is 0 Å². The minimum atomic E-state index is 0.0319. The third kappa shape index (κ3) is 15.1. The third-order valence-corrected chi connectivity index (χ3v) is 8.33. The van der Waals surface area contributed by atoms with Gasteiger partial charge in [0.05, 0.1) is 0 Å². The molecule has 0 spiro atoms. The highest BCUT2D eigenvalue weighted by atomic mass is 79.9. The highest BCUT2D eigenvalue weighted by Crippen LogP contribution is 2.21. The molecule has 0 saturated heterocycles. The number of ketones is 1. The molecule has 2 aromatic carbocycles. The Hall–Kier alpha value is -1.32. The van der Waals surface area contributed by atoms with E-state index in [1.807, 2.05) is 42.1 Å². The Bertz CT molecular complexity index is 841. The number of carbonyl (C=O) groups excluding carboxylic acids is 1. The van der Waals surface area contributed by atoms with E-state index >= 15 is 0 Å². The highest BCUT2D eigenvalue weighted by molar-refractivity contribution is 9.10. The Labute approximate surface area is 234 Å². The second kappa shape index (κ2) is 20.7. The van der Waals surface area contributed by atoms with Gasteiger partial charge in [-0.05, 0) is 60.2 Å². The molecule has 0 radical (unpaired) electrons. The van der Waals surface area contributed by atoms with Crippen LogP contribution in [0.5, 0.6) is 0 Å². The van der Waals surface area contributed by atoms with Crippen molar-refractivity contribution in [2.75, 3.05) is 5.75 Å². The lowest BCUT2D eigenvalue weighted by Gasteiger charge is -2.04. The van der Waals surface area contributed by atoms with Gasteiger partial charge in [-0.1, -0.05) is 137 Å². The molecule has 198 valence electrons. The number of hydrogen-bond donors (Lipinski definition) is 0. The van der Waals surface area contributed by atoms with E-state index in [0.717, 1.165) is 10.0 Å². The van der Waals surface area contributed by atoms with Crippen molar-refractivity contribution in [3.05, 3.63) is 70.2 Å². The maximum Gasteiger partial charge on any atom is 0.185 e. The lowest BCUT2D eigenvalue weighted by Crippen LogP contribution is -1.93. The summed E-state index contributed by atoms with van der Waals surface area (Å²) in [5, 5.41) is 0. The third-order valence-electron chi connectivity index (χ3n) is 6.70. The van der Waals surface area contributed by atoms with Gasteiger partial charge in [-0.3, -0.25) is 4.79 Å². The van der Waals surface area contributed by atoms with Gasteiger partial charge in [0.15, 0.2) is 5.78 Å². The summed E-state index contributed by atoms with van der Waals surface area (Å²) < 4.78 is 0.982. The summed E-state index contributed by atoms with van der Waals surface area (Å²) in [4.78, 5) is 13.6. The van der Waals surface area contributed by atoms with Crippen LogP contribution in [0.1, 0.15) is 126 Å². The molecule has 0 amide bonds. The summed E-state index contributed by atoms with van der Waals surface area (Å²) in [5.74, 6) is 1.22. The summed E-state index contributed by atoms with van der Waals surface area (Å²) in [6.45, 7) is 2.29. The Balaban J connectivity index is 1.42. The average Bonchev–Trinajstić information content (AvgIpc) is 2.90. The standard InChI is InChI=1S/C33H47BrOS/c1-2-3-4-5-6-7-8-9-10-11-12-13-14-15-16-17-28-36-32-25-18-29(19-26-32)20-27-33(35)30-21-23-31(34)24-22-30/h18-27H,2-17,28H2,1H3. The molecular formula is C33H47BrOS. The summed E-state index contributed by atoms with van der Waals surface area (Å²) in [6, 6.07) is 16.0. The molecule has 0 N–H and O–H groups in total. The zero-order valence-corrected chi connectivity index (χ0v) is 24.9. The molecule has 0 aromatic heterocycles. The predicted molar refractivity (Wildman–Crippen MR) is 164 cm³/mol. The maximum atomic E-state index is 12.3. The van der Waals surface area contributed by atoms with Crippen LogP contribution in [0.15, 0.2) is 64.0 Å². The number of allylic oxidation sites excluding steroid dienone is 1. The maximum absolute atomic E-state index is 12.3. The van der Waals surface area contributed by atoms with Gasteiger partial charge < -0.3 is 0 Å². The number of hydrogen-bond acceptors (Lipinski definition) is 2. The zero-order chi connectivity index (χ0) is 25.7. The quantitative estimate of drug-likeness (QED) is 0.0642. The molecule has 0 saturated carbocycles. The second-order valence-corrected chi connectivity index (χ2v) is 12.0. The molecule has 0 atom stereocenters. The minimum absolute atomic E-state index is 0.0319. The molecular weight excluding hydrogens is 524 g/mol. The first-order valence-electron chi connectivity index (χ1n) is 14.4. The lowest BCUT2D eigenvalue weighted by atomic mass is 10.0. The summed E-state index contributed by atoms with van der Waals surface area (Å²) in [5.41, 5.74) is 1.77. The van der Waals surface area contributed by atoms with Crippen LogP contribution >= 0.6 is 27.7 Å². The van der Waals surface area contributed by atoms with Crippen molar-refractivity contribution in [1.29, 1.82) is 0 Å². The number of rotatable bonds is 21. The number of benzene rings is 2. The smallest absolute Gasteiger partial charge is 0.185 e. The van der Waals surface area contributed by atoms with Gasteiger partial charge in [-0.2, -0.15) is 0 Å². The molecule has 0 aliphatic rings. The molecule has 0 fully saturated rings. The van der Waals surface area contributed by atoms with Gasteiger partial charge in [0, 0.05) is 14.9 Å². The lowest BCUT2D eigenvalue weighted by molar-refractivity contribution is 0.104. The first kappa shape index (κ1) is 30.9. The first-order valence-corrected chi connectivity index (χ1v) is 16.2. The van der Waals surface area contributed by atoms with Crippen molar-refractivity contribution in [2.45, 2.75) is 115 Å². The summed E-state index contributed by atoms with van der Waals surface area (Å²) in [7, 11) is 0. The van der Waals surface area contributed by atoms with E-state index in [9.17, 15) is 4.79 Å².